The molecule has 0 spiro atoms. The summed E-state index contributed by atoms with van der Waals surface area (Å²) in [6.45, 7) is 8.54. The van der Waals surface area contributed by atoms with E-state index in [-0.39, 0.29) is 17.8 Å². The number of aromatic nitrogens is 2. The fourth-order valence-corrected chi connectivity index (χ4v) is 5.53. The van der Waals surface area contributed by atoms with Gasteiger partial charge in [-0.15, -0.1) is 0 Å². The van der Waals surface area contributed by atoms with Gasteiger partial charge in [-0.2, -0.15) is 0 Å². The number of likely N-dealkylation sites (tertiary alicyclic amines) is 1. The molecule has 1 amide bonds. The molecule has 0 aliphatic carbocycles. The molecule has 35 heavy (non-hydrogen) atoms. The fraction of sp³-hybridized carbons (Fsp3) is 0.615. The number of piperidine rings is 2. The standard InChI is InChI=1S/C26H36N4O4S/c1-4-20-15-23(30-14-7-6-9-18(30)3)28-26(27-20)35-17-21-11-12-22(34-21)24(31)29-13-8-10-19(16-29)25(32)33-5-2/h11-12,15,18-19H,4-10,13-14,16-17H2,1-3H3/t18-,19-/m1/s1. The Bertz CT molecular complexity index is 1030. The van der Waals surface area contributed by atoms with E-state index in [4.69, 9.17) is 19.1 Å². The molecule has 2 aromatic heterocycles. The predicted octanol–water partition coefficient (Wildman–Crippen LogP) is 4.72. The van der Waals surface area contributed by atoms with Crippen LogP contribution >= 0.6 is 11.8 Å². The van der Waals surface area contributed by atoms with Crippen molar-refractivity contribution in [3.63, 3.8) is 0 Å². The van der Waals surface area contributed by atoms with Crippen molar-refractivity contribution in [2.75, 3.05) is 31.1 Å². The van der Waals surface area contributed by atoms with Gasteiger partial charge in [0.1, 0.15) is 11.6 Å². The third-order valence-electron chi connectivity index (χ3n) is 6.75. The first kappa shape index (κ1) is 25.5. The molecule has 190 valence electrons. The summed E-state index contributed by atoms with van der Waals surface area (Å²) in [4.78, 5) is 38.7. The summed E-state index contributed by atoms with van der Waals surface area (Å²) in [5.41, 5.74) is 1.03. The van der Waals surface area contributed by atoms with Crippen LogP contribution in [0.15, 0.2) is 27.8 Å². The number of amides is 1. The SMILES string of the molecule is CCOC(=O)[C@@H]1CCCN(C(=O)c2ccc(CSc3nc(CC)cc(N4CCCC[C@H]4C)n3)o2)C1. The quantitative estimate of drug-likeness (QED) is 0.292. The van der Waals surface area contributed by atoms with E-state index in [1.807, 2.05) is 6.07 Å². The molecule has 2 saturated heterocycles. The van der Waals surface area contributed by atoms with Crippen LogP contribution in [0.2, 0.25) is 0 Å². The van der Waals surface area contributed by atoms with Crippen molar-refractivity contribution < 1.29 is 18.7 Å². The summed E-state index contributed by atoms with van der Waals surface area (Å²) in [6, 6.07) is 6.15. The topological polar surface area (TPSA) is 88.8 Å². The average Bonchev–Trinajstić information content (AvgIpc) is 3.36. The van der Waals surface area contributed by atoms with Crippen LogP contribution in [0.1, 0.15) is 74.9 Å². The Morgan fingerprint density at radius 1 is 1.14 bits per heavy atom. The number of hydrogen-bond donors (Lipinski definition) is 0. The molecule has 0 radical (unpaired) electrons. The Morgan fingerprint density at radius 3 is 2.77 bits per heavy atom. The highest BCUT2D eigenvalue weighted by Gasteiger charge is 2.31. The molecular weight excluding hydrogens is 464 g/mol. The van der Waals surface area contributed by atoms with Crippen molar-refractivity contribution in [1.82, 2.24) is 14.9 Å². The van der Waals surface area contributed by atoms with E-state index in [0.29, 0.717) is 43.0 Å². The lowest BCUT2D eigenvalue weighted by Gasteiger charge is -2.34. The van der Waals surface area contributed by atoms with Crippen LogP contribution in [-0.4, -0.2) is 59.0 Å². The summed E-state index contributed by atoms with van der Waals surface area (Å²) in [5, 5.41) is 0.731. The molecular formula is C26H36N4O4S. The molecule has 9 heteroatoms. The Hall–Kier alpha value is -2.55. The van der Waals surface area contributed by atoms with E-state index in [1.165, 1.54) is 31.0 Å². The second kappa shape index (κ2) is 11.9. The minimum atomic E-state index is -0.266. The highest BCUT2D eigenvalue weighted by molar-refractivity contribution is 7.98. The van der Waals surface area contributed by atoms with E-state index in [9.17, 15) is 9.59 Å². The number of ether oxygens (including phenoxy) is 1. The number of thioether (sulfide) groups is 1. The van der Waals surface area contributed by atoms with Gasteiger partial charge in [0.05, 0.1) is 18.3 Å². The first-order valence-electron chi connectivity index (χ1n) is 12.8. The molecule has 2 aromatic rings. The molecule has 0 bridgehead atoms. The van der Waals surface area contributed by atoms with E-state index in [1.54, 1.807) is 17.9 Å². The van der Waals surface area contributed by atoms with Gasteiger partial charge in [0.2, 0.25) is 0 Å². The molecule has 4 heterocycles. The van der Waals surface area contributed by atoms with Crippen LogP contribution in [0.4, 0.5) is 5.82 Å². The smallest absolute Gasteiger partial charge is 0.310 e. The maximum absolute atomic E-state index is 13.0. The molecule has 2 aliphatic rings. The molecule has 4 rings (SSSR count). The van der Waals surface area contributed by atoms with Crippen molar-refractivity contribution in [1.29, 1.82) is 0 Å². The van der Waals surface area contributed by atoms with Gasteiger partial charge in [-0.05, 0) is 64.5 Å². The zero-order valence-corrected chi connectivity index (χ0v) is 21.8. The number of carbonyl (C=O) groups excluding carboxylic acids is 2. The molecule has 8 nitrogen and oxygen atoms in total. The van der Waals surface area contributed by atoms with Gasteiger partial charge in [0.15, 0.2) is 10.9 Å². The third kappa shape index (κ3) is 6.37. The van der Waals surface area contributed by atoms with Gasteiger partial charge in [-0.1, -0.05) is 18.7 Å². The molecule has 0 unspecified atom stereocenters. The van der Waals surface area contributed by atoms with Gasteiger partial charge in [-0.25, -0.2) is 9.97 Å². The Balaban J connectivity index is 1.39. The van der Waals surface area contributed by atoms with Crippen LogP contribution in [0.3, 0.4) is 0 Å². The number of furan rings is 1. The van der Waals surface area contributed by atoms with Gasteiger partial charge in [0.25, 0.3) is 5.91 Å². The summed E-state index contributed by atoms with van der Waals surface area (Å²) >= 11 is 1.52. The van der Waals surface area contributed by atoms with Gasteiger partial charge in [-0.3, -0.25) is 9.59 Å². The fourth-order valence-electron chi connectivity index (χ4n) is 4.77. The number of hydrogen-bond acceptors (Lipinski definition) is 8. The lowest BCUT2D eigenvalue weighted by atomic mass is 9.98. The van der Waals surface area contributed by atoms with E-state index in [0.717, 1.165) is 42.5 Å². The Morgan fingerprint density at radius 2 is 2.00 bits per heavy atom. The highest BCUT2D eigenvalue weighted by Crippen LogP contribution is 2.28. The zero-order valence-electron chi connectivity index (χ0n) is 21.0. The first-order chi connectivity index (χ1) is 17.0. The highest BCUT2D eigenvalue weighted by atomic mass is 32.2. The van der Waals surface area contributed by atoms with Gasteiger partial charge in [0, 0.05) is 37.4 Å². The number of rotatable bonds is 8. The average molecular weight is 501 g/mol. The first-order valence-corrected chi connectivity index (χ1v) is 13.8. The van der Waals surface area contributed by atoms with Crippen molar-refractivity contribution >= 4 is 29.5 Å². The molecule has 2 atom stereocenters. The summed E-state index contributed by atoms with van der Waals surface area (Å²) in [7, 11) is 0. The zero-order chi connectivity index (χ0) is 24.8. The lowest BCUT2D eigenvalue weighted by Crippen LogP contribution is -2.42. The van der Waals surface area contributed by atoms with Crippen molar-refractivity contribution in [3.05, 3.63) is 35.4 Å². The van der Waals surface area contributed by atoms with E-state index in [2.05, 4.69) is 24.8 Å². The van der Waals surface area contributed by atoms with Crippen molar-refractivity contribution in [2.24, 2.45) is 5.92 Å². The molecule has 0 aromatic carbocycles. The number of esters is 1. The van der Waals surface area contributed by atoms with Crippen LogP contribution in [-0.2, 0) is 21.7 Å². The second-order valence-electron chi connectivity index (χ2n) is 9.29. The summed E-state index contributed by atoms with van der Waals surface area (Å²) in [6.07, 6.45) is 6.03. The number of aryl methyl sites for hydroxylation is 1. The van der Waals surface area contributed by atoms with E-state index < -0.39 is 0 Å². The third-order valence-corrected chi connectivity index (χ3v) is 7.62. The monoisotopic (exact) mass is 500 g/mol. The molecule has 2 fully saturated rings. The van der Waals surface area contributed by atoms with Crippen LogP contribution in [0.25, 0.3) is 0 Å². The number of carbonyl (C=O) groups is 2. The van der Waals surface area contributed by atoms with E-state index >= 15 is 0 Å². The number of anilines is 1. The van der Waals surface area contributed by atoms with Crippen molar-refractivity contribution in [3.8, 4) is 0 Å². The molecule has 2 aliphatic heterocycles. The number of nitrogens with zero attached hydrogens (tertiary/aromatic N) is 4. The summed E-state index contributed by atoms with van der Waals surface area (Å²) < 4.78 is 11.0. The largest absolute Gasteiger partial charge is 0.466 e. The van der Waals surface area contributed by atoms with Crippen LogP contribution in [0.5, 0.6) is 0 Å². The maximum Gasteiger partial charge on any atom is 0.310 e. The Labute approximate surface area is 211 Å². The van der Waals surface area contributed by atoms with Gasteiger partial charge >= 0.3 is 5.97 Å². The second-order valence-corrected chi connectivity index (χ2v) is 10.2. The maximum atomic E-state index is 13.0. The van der Waals surface area contributed by atoms with Gasteiger partial charge < -0.3 is 19.0 Å². The normalized spacial score (nSPS) is 20.7. The minimum Gasteiger partial charge on any atom is -0.466 e. The summed E-state index contributed by atoms with van der Waals surface area (Å²) in [5.74, 6) is 1.88. The van der Waals surface area contributed by atoms with Crippen molar-refractivity contribution in [2.45, 2.75) is 76.2 Å². The predicted molar refractivity (Wildman–Crippen MR) is 136 cm³/mol. The molecule has 0 N–H and O–H groups in total. The minimum absolute atomic E-state index is 0.180. The van der Waals surface area contributed by atoms with Crippen LogP contribution in [0, 0.1) is 5.92 Å². The molecule has 0 saturated carbocycles. The Kier molecular flexibility index (Phi) is 8.70. The lowest BCUT2D eigenvalue weighted by molar-refractivity contribution is -0.149. The van der Waals surface area contributed by atoms with Crippen LogP contribution < -0.4 is 4.90 Å².